The molecule has 2 unspecified atom stereocenters. The second kappa shape index (κ2) is 5.26. The number of carbonyl (C=O) groups is 1. The van der Waals surface area contributed by atoms with Crippen molar-refractivity contribution in [1.82, 2.24) is 9.88 Å². The smallest absolute Gasteiger partial charge is 0.266 e. The highest BCUT2D eigenvalue weighted by atomic mass is 32.2. The van der Waals surface area contributed by atoms with Gasteiger partial charge in [-0.2, -0.15) is 11.8 Å². The number of anilines is 1. The molecule has 0 radical (unpaired) electrons. The first-order valence-electron chi connectivity index (χ1n) is 6.64. The van der Waals surface area contributed by atoms with Crippen LogP contribution in [-0.4, -0.2) is 39.4 Å². The lowest BCUT2D eigenvalue weighted by atomic mass is 10.2. The van der Waals surface area contributed by atoms with E-state index < -0.39 is 0 Å². The van der Waals surface area contributed by atoms with Crippen molar-refractivity contribution in [3.05, 3.63) is 23.2 Å². The standard InChI is InChI=1S/C14H17N3OS2/c1-8-6-17(7-9(2)19-8)14(18)13-11(15)12-10(20-13)4-3-5-16-12/h3-5,8-9H,6-7,15H2,1-2H3. The van der Waals surface area contributed by atoms with Gasteiger partial charge in [-0.25, -0.2) is 0 Å². The summed E-state index contributed by atoms with van der Waals surface area (Å²) in [7, 11) is 0. The molecule has 3 rings (SSSR count). The van der Waals surface area contributed by atoms with Gasteiger partial charge in [0.2, 0.25) is 0 Å². The Labute approximate surface area is 126 Å². The maximum atomic E-state index is 12.7. The number of carbonyl (C=O) groups excluding carboxylic acids is 1. The van der Waals surface area contributed by atoms with Crippen LogP contribution in [0.25, 0.3) is 10.2 Å². The largest absolute Gasteiger partial charge is 0.396 e. The summed E-state index contributed by atoms with van der Waals surface area (Å²) in [6.07, 6.45) is 1.71. The third-order valence-corrected chi connectivity index (χ3v) is 5.76. The summed E-state index contributed by atoms with van der Waals surface area (Å²) >= 11 is 3.38. The number of nitrogens with zero attached hydrogens (tertiary/aromatic N) is 2. The van der Waals surface area contributed by atoms with Crippen LogP contribution in [0.3, 0.4) is 0 Å². The summed E-state index contributed by atoms with van der Waals surface area (Å²) < 4.78 is 0.973. The number of thioether (sulfide) groups is 1. The molecule has 0 bridgehead atoms. The van der Waals surface area contributed by atoms with Crippen LogP contribution < -0.4 is 5.73 Å². The predicted molar refractivity (Wildman–Crippen MR) is 86.5 cm³/mol. The van der Waals surface area contributed by atoms with Gasteiger partial charge in [0.25, 0.3) is 5.91 Å². The molecular formula is C14H17N3OS2. The molecule has 106 valence electrons. The molecule has 4 nitrogen and oxygen atoms in total. The molecule has 6 heteroatoms. The Morgan fingerprint density at radius 1 is 1.40 bits per heavy atom. The molecule has 1 aliphatic rings. The lowest BCUT2D eigenvalue weighted by Crippen LogP contribution is -2.43. The third-order valence-electron chi connectivity index (χ3n) is 3.38. The van der Waals surface area contributed by atoms with Gasteiger partial charge in [0, 0.05) is 29.8 Å². The average molecular weight is 307 g/mol. The SMILES string of the molecule is CC1CN(C(=O)c2sc3cccnc3c2N)CC(C)S1. The Bertz CT molecular complexity index is 645. The molecule has 3 heterocycles. The van der Waals surface area contributed by atoms with Gasteiger partial charge in [0.15, 0.2) is 0 Å². The number of amides is 1. The first kappa shape index (κ1) is 13.7. The predicted octanol–water partition coefficient (Wildman–Crippen LogP) is 2.84. The number of pyridine rings is 1. The van der Waals surface area contributed by atoms with Gasteiger partial charge in [-0.05, 0) is 12.1 Å². The number of aromatic nitrogens is 1. The zero-order valence-corrected chi connectivity index (χ0v) is 13.1. The number of fused-ring (bicyclic) bond motifs is 1. The monoisotopic (exact) mass is 307 g/mol. The number of nitrogen functional groups attached to an aromatic ring is 1. The van der Waals surface area contributed by atoms with Crippen molar-refractivity contribution in [2.45, 2.75) is 24.3 Å². The first-order chi connectivity index (χ1) is 9.56. The molecule has 2 N–H and O–H groups in total. The van der Waals surface area contributed by atoms with Gasteiger partial charge < -0.3 is 10.6 Å². The van der Waals surface area contributed by atoms with E-state index in [2.05, 4.69) is 18.8 Å². The Morgan fingerprint density at radius 3 is 2.75 bits per heavy atom. The Hall–Kier alpha value is -1.27. The van der Waals surface area contributed by atoms with E-state index in [-0.39, 0.29) is 5.91 Å². The van der Waals surface area contributed by atoms with E-state index in [1.165, 1.54) is 11.3 Å². The molecule has 1 saturated heterocycles. The van der Waals surface area contributed by atoms with E-state index in [0.717, 1.165) is 23.3 Å². The zero-order chi connectivity index (χ0) is 14.3. The maximum Gasteiger partial charge on any atom is 0.266 e. The van der Waals surface area contributed by atoms with Crippen LogP contribution in [0.4, 0.5) is 5.69 Å². The molecule has 0 aliphatic carbocycles. The Morgan fingerprint density at radius 2 is 2.10 bits per heavy atom. The molecule has 1 fully saturated rings. The molecule has 0 saturated carbocycles. The maximum absolute atomic E-state index is 12.7. The van der Waals surface area contributed by atoms with E-state index in [9.17, 15) is 4.79 Å². The summed E-state index contributed by atoms with van der Waals surface area (Å²) in [5.41, 5.74) is 7.38. The van der Waals surface area contributed by atoms with Gasteiger partial charge >= 0.3 is 0 Å². The summed E-state index contributed by atoms with van der Waals surface area (Å²) in [4.78, 5) is 19.5. The van der Waals surface area contributed by atoms with Crippen molar-refractivity contribution in [2.24, 2.45) is 0 Å². The van der Waals surface area contributed by atoms with Crippen molar-refractivity contribution in [1.29, 1.82) is 0 Å². The van der Waals surface area contributed by atoms with E-state index in [1.807, 2.05) is 28.8 Å². The van der Waals surface area contributed by atoms with Gasteiger partial charge in [-0.1, -0.05) is 13.8 Å². The second-order valence-corrected chi connectivity index (χ2v) is 8.10. The van der Waals surface area contributed by atoms with Gasteiger partial charge in [0.05, 0.1) is 10.4 Å². The van der Waals surface area contributed by atoms with E-state index in [4.69, 9.17) is 5.73 Å². The fraction of sp³-hybridized carbons (Fsp3) is 0.429. The minimum absolute atomic E-state index is 0.0458. The number of rotatable bonds is 1. The lowest BCUT2D eigenvalue weighted by Gasteiger charge is -2.34. The highest BCUT2D eigenvalue weighted by Crippen LogP contribution is 2.34. The lowest BCUT2D eigenvalue weighted by molar-refractivity contribution is 0.0759. The fourth-order valence-corrected chi connectivity index (χ4v) is 4.97. The van der Waals surface area contributed by atoms with Gasteiger partial charge in [0.1, 0.15) is 10.4 Å². The molecule has 1 aliphatic heterocycles. The van der Waals surface area contributed by atoms with Crippen LogP contribution in [0.5, 0.6) is 0 Å². The van der Waals surface area contributed by atoms with Gasteiger partial charge in [-0.15, -0.1) is 11.3 Å². The summed E-state index contributed by atoms with van der Waals surface area (Å²) in [5.74, 6) is 0.0458. The number of thiophene rings is 1. The quantitative estimate of drug-likeness (QED) is 0.880. The highest BCUT2D eigenvalue weighted by Gasteiger charge is 2.29. The number of nitrogens with two attached hydrogens (primary N) is 1. The van der Waals surface area contributed by atoms with Crippen molar-refractivity contribution < 1.29 is 4.79 Å². The minimum atomic E-state index is 0.0458. The zero-order valence-electron chi connectivity index (χ0n) is 11.5. The number of hydrogen-bond acceptors (Lipinski definition) is 5. The summed E-state index contributed by atoms with van der Waals surface area (Å²) in [6, 6.07) is 3.83. The topological polar surface area (TPSA) is 59.2 Å². The molecule has 0 aromatic carbocycles. The van der Waals surface area contributed by atoms with Crippen LogP contribution in [0.2, 0.25) is 0 Å². The van der Waals surface area contributed by atoms with E-state index in [0.29, 0.717) is 21.1 Å². The normalized spacial score (nSPS) is 23.2. The number of hydrogen-bond donors (Lipinski definition) is 1. The van der Waals surface area contributed by atoms with Gasteiger partial charge in [-0.3, -0.25) is 9.78 Å². The molecule has 2 aromatic heterocycles. The second-order valence-electron chi connectivity index (χ2n) is 5.16. The van der Waals surface area contributed by atoms with E-state index in [1.54, 1.807) is 6.20 Å². The summed E-state index contributed by atoms with van der Waals surface area (Å²) in [5, 5.41) is 0.938. The van der Waals surface area contributed by atoms with Crippen molar-refractivity contribution >= 4 is 44.9 Å². The molecular weight excluding hydrogens is 290 g/mol. The first-order valence-corrected chi connectivity index (χ1v) is 8.40. The average Bonchev–Trinajstić information content (AvgIpc) is 2.75. The third kappa shape index (κ3) is 2.38. The highest BCUT2D eigenvalue weighted by molar-refractivity contribution is 8.00. The molecule has 2 atom stereocenters. The minimum Gasteiger partial charge on any atom is -0.396 e. The van der Waals surface area contributed by atoms with Crippen LogP contribution in [-0.2, 0) is 0 Å². The van der Waals surface area contributed by atoms with Crippen LogP contribution in [0.15, 0.2) is 18.3 Å². The molecule has 0 spiro atoms. The van der Waals surface area contributed by atoms with Crippen LogP contribution >= 0.6 is 23.1 Å². The van der Waals surface area contributed by atoms with Crippen molar-refractivity contribution in [2.75, 3.05) is 18.8 Å². The molecule has 20 heavy (non-hydrogen) atoms. The van der Waals surface area contributed by atoms with Crippen molar-refractivity contribution in [3.63, 3.8) is 0 Å². The van der Waals surface area contributed by atoms with Crippen LogP contribution in [0, 0.1) is 0 Å². The summed E-state index contributed by atoms with van der Waals surface area (Å²) in [6.45, 7) is 5.90. The van der Waals surface area contributed by atoms with E-state index >= 15 is 0 Å². The van der Waals surface area contributed by atoms with Crippen molar-refractivity contribution in [3.8, 4) is 0 Å². The Balaban J connectivity index is 1.94. The fourth-order valence-electron chi connectivity index (χ4n) is 2.59. The molecule has 2 aromatic rings. The molecule has 1 amide bonds. The Kier molecular flexibility index (Phi) is 3.60. The van der Waals surface area contributed by atoms with Crippen LogP contribution in [0.1, 0.15) is 23.5 Å².